The maximum Gasteiger partial charge on any atom is 0.326 e. The fourth-order valence-electron chi connectivity index (χ4n) is 1.57. The van der Waals surface area contributed by atoms with E-state index in [0.29, 0.717) is 19.4 Å². The average molecular weight is 255 g/mol. The Bertz CT molecular complexity index is 303. The van der Waals surface area contributed by atoms with Crippen molar-refractivity contribution in [2.75, 3.05) is 20.2 Å². The molecule has 1 atom stereocenters. The number of hydrogen-bond acceptors (Lipinski definition) is 5. The summed E-state index contributed by atoms with van der Waals surface area (Å²) in [7, 11) is 1.74. The van der Waals surface area contributed by atoms with Gasteiger partial charge in [0.1, 0.15) is 24.7 Å². The number of carbonyl (C=O) groups is 3. The average Bonchev–Trinajstić information content (AvgIpc) is 2.38. The van der Waals surface area contributed by atoms with Crippen molar-refractivity contribution in [1.29, 1.82) is 0 Å². The third kappa shape index (κ3) is 4.79. The van der Waals surface area contributed by atoms with E-state index in [0.717, 1.165) is 12.6 Å². The van der Waals surface area contributed by atoms with E-state index < -0.39 is 11.5 Å². The first-order valence-corrected chi connectivity index (χ1v) is 5.89. The minimum Gasteiger partial charge on any atom is -0.460 e. The molecule has 0 rings (SSSR count). The molecule has 0 bridgehead atoms. The van der Waals surface area contributed by atoms with Crippen LogP contribution >= 0.6 is 0 Å². The fourth-order valence-corrected chi connectivity index (χ4v) is 1.57. The van der Waals surface area contributed by atoms with Crippen LogP contribution in [-0.2, 0) is 19.1 Å². The number of hydrogen-bond donors (Lipinski definition) is 0. The van der Waals surface area contributed by atoms with E-state index in [9.17, 15) is 14.4 Å². The van der Waals surface area contributed by atoms with Crippen molar-refractivity contribution in [1.82, 2.24) is 4.90 Å². The van der Waals surface area contributed by atoms with Crippen LogP contribution in [0.15, 0.2) is 12.7 Å². The molecule has 0 aromatic heterocycles. The Morgan fingerprint density at radius 3 is 2.44 bits per heavy atom. The number of aldehydes is 2. The molecule has 0 aromatic rings. The molecule has 102 valence electrons. The van der Waals surface area contributed by atoms with Crippen LogP contribution in [0.3, 0.4) is 0 Å². The van der Waals surface area contributed by atoms with Gasteiger partial charge in [-0.25, -0.2) is 0 Å². The van der Waals surface area contributed by atoms with E-state index in [-0.39, 0.29) is 13.0 Å². The lowest BCUT2D eigenvalue weighted by molar-refractivity contribution is -0.156. The van der Waals surface area contributed by atoms with Crippen molar-refractivity contribution in [3.8, 4) is 0 Å². The monoisotopic (exact) mass is 255 g/mol. The van der Waals surface area contributed by atoms with E-state index in [2.05, 4.69) is 6.58 Å². The van der Waals surface area contributed by atoms with Crippen LogP contribution < -0.4 is 0 Å². The Balaban J connectivity index is 4.77. The van der Waals surface area contributed by atoms with Crippen molar-refractivity contribution in [2.24, 2.45) is 0 Å². The van der Waals surface area contributed by atoms with E-state index in [4.69, 9.17) is 4.74 Å². The van der Waals surface area contributed by atoms with Crippen molar-refractivity contribution >= 4 is 18.5 Å². The summed E-state index contributed by atoms with van der Waals surface area (Å²) in [5.41, 5.74) is -0.896. The first-order valence-electron chi connectivity index (χ1n) is 5.89. The SMILES string of the molecule is C=CCOC(=O)[C@@](C)(CCC=O)N(C)CCC=O. The molecule has 18 heavy (non-hydrogen) atoms. The Labute approximate surface area is 108 Å². The van der Waals surface area contributed by atoms with Gasteiger partial charge >= 0.3 is 5.97 Å². The van der Waals surface area contributed by atoms with Crippen molar-refractivity contribution in [3.05, 3.63) is 12.7 Å². The van der Waals surface area contributed by atoms with Gasteiger partial charge in [-0.1, -0.05) is 12.7 Å². The summed E-state index contributed by atoms with van der Waals surface area (Å²) in [6, 6.07) is 0. The smallest absolute Gasteiger partial charge is 0.326 e. The van der Waals surface area contributed by atoms with Crippen LogP contribution in [-0.4, -0.2) is 49.2 Å². The van der Waals surface area contributed by atoms with Gasteiger partial charge in [0.2, 0.25) is 0 Å². The predicted octanol–water partition coefficient (Wildman–Crippen LogP) is 0.974. The highest BCUT2D eigenvalue weighted by Crippen LogP contribution is 2.21. The molecule has 0 aliphatic rings. The van der Waals surface area contributed by atoms with Gasteiger partial charge in [0.15, 0.2) is 0 Å². The minimum atomic E-state index is -0.896. The number of nitrogens with zero attached hydrogens (tertiary/aromatic N) is 1. The molecule has 0 saturated heterocycles. The number of rotatable bonds is 10. The summed E-state index contributed by atoms with van der Waals surface area (Å²) in [6.07, 6.45) is 4.02. The largest absolute Gasteiger partial charge is 0.460 e. The third-order valence-corrected chi connectivity index (χ3v) is 2.95. The Kier molecular flexibility index (Phi) is 7.87. The number of carbonyl (C=O) groups excluding carboxylic acids is 3. The van der Waals surface area contributed by atoms with E-state index in [1.54, 1.807) is 18.9 Å². The summed E-state index contributed by atoms with van der Waals surface area (Å²) < 4.78 is 5.05. The molecular formula is C13H21NO4. The Morgan fingerprint density at radius 1 is 1.33 bits per heavy atom. The summed E-state index contributed by atoms with van der Waals surface area (Å²) in [6.45, 7) is 5.78. The maximum absolute atomic E-state index is 12.0. The third-order valence-electron chi connectivity index (χ3n) is 2.95. The van der Waals surface area contributed by atoms with Gasteiger partial charge in [-0.2, -0.15) is 0 Å². The maximum atomic E-state index is 12.0. The quantitative estimate of drug-likeness (QED) is 0.331. The molecule has 0 aliphatic heterocycles. The molecule has 0 saturated carbocycles. The van der Waals surface area contributed by atoms with Gasteiger partial charge in [-0.3, -0.25) is 9.69 Å². The van der Waals surface area contributed by atoms with Crippen LogP contribution in [0.4, 0.5) is 0 Å². The van der Waals surface area contributed by atoms with Gasteiger partial charge in [0.25, 0.3) is 0 Å². The van der Waals surface area contributed by atoms with Gasteiger partial charge in [-0.15, -0.1) is 0 Å². The zero-order valence-electron chi connectivity index (χ0n) is 11.1. The number of likely N-dealkylation sites (N-methyl/N-ethyl adjacent to an activating group) is 1. The molecule has 0 spiro atoms. The second-order valence-electron chi connectivity index (χ2n) is 4.24. The van der Waals surface area contributed by atoms with E-state index >= 15 is 0 Å². The molecule has 0 fully saturated rings. The second-order valence-corrected chi connectivity index (χ2v) is 4.24. The molecular weight excluding hydrogens is 234 g/mol. The molecule has 0 radical (unpaired) electrons. The van der Waals surface area contributed by atoms with E-state index in [1.807, 2.05) is 0 Å². The van der Waals surface area contributed by atoms with Crippen LogP contribution in [0.1, 0.15) is 26.2 Å². The minimum absolute atomic E-state index is 0.136. The van der Waals surface area contributed by atoms with Gasteiger partial charge in [0.05, 0.1) is 0 Å². The van der Waals surface area contributed by atoms with Crippen LogP contribution in [0.2, 0.25) is 0 Å². The van der Waals surface area contributed by atoms with Gasteiger partial charge in [0, 0.05) is 19.4 Å². The highest BCUT2D eigenvalue weighted by Gasteiger charge is 2.38. The van der Waals surface area contributed by atoms with Gasteiger partial charge in [-0.05, 0) is 20.4 Å². The lowest BCUT2D eigenvalue weighted by Gasteiger charge is -2.35. The molecule has 5 heteroatoms. The Hall–Kier alpha value is -1.49. The lowest BCUT2D eigenvalue weighted by atomic mass is 9.94. The summed E-state index contributed by atoms with van der Waals surface area (Å²) >= 11 is 0. The summed E-state index contributed by atoms with van der Waals surface area (Å²) in [4.78, 5) is 34.6. The normalized spacial score (nSPS) is 13.7. The Morgan fingerprint density at radius 2 is 1.94 bits per heavy atom. The molecule has 5 nitrogen and oxygen atoms in total. The molecule has 0 unspecified atom stereocenters. The molecule has 0 aliphatic carbocycles. The number of esters is 1. The number of ether oxygens (including phenoxy) is 1. The first kappa shape index (κ1) is 16.5. The van der Waals surface area contributed by atoms with Crippen LogP contribution in [0, 0.1) is 0 Å². The zero-order valence-corrected chi connectivity index (χ0v) is 11.1. The molecule has 0 N–H and O–H groups in total. The standard InChI is InChI=1S/C13H21NO4/c1-4-11-18-12(17)13(2,7-5-9-15)14(3)8-6-10-16/h4,9-10H,1,5-8,11H2,2-3H3/t13-/m1/s1. The van der Waals surface area contributed by atoms with Crippen molar-refractivity contribution < 1.29 is 19.1 Å². The highest BCUT2D eigenvalue weighted by atomic mass is 16.5. The van der Waals surface area contributed by atoms with E-state index in [1.165, 1.54) is 6.08 Å². The van der Waals surface area contributed by atoms with Crippen molar-refractivity contribution in [2.45, 2.75) is 31.7 Å². The first-order chi connectivity index (χ1) is 8.52. The topological polar surface area (TPSA) is 63.7 Å². The van der Waals surface area contributed by atoms with Gasteiger partial charge < -0.3 is 14.3 Å². The summed E-state index contributed by atoms with van der Waals surface area (Å²) in [5.74, 6) is -0.405. The predicted molar refractivity (Wildman–Crippen MR) is 68.2 cm³/mol. The van der Waals surface area contributed by atoms with Crippen LogP contribution in [0.5, 0.6) is 0 Å². The van der Waals surface area contributed by atoms with Crippen molar-refractivity contribution in [3.63, 3.8) is 0 Å². The fraction of sp³-hybridized carbons (Fsp3) is 0.615. The second kappa shape index (κ2) is 8.58. The highest BCUT2D eigenvalue weighted by molar-refractivity contribution is 5.80. The zero-order chi connectivity index (χ0) is 14.0. The summed E-state index contributed by atoms with van der Waals surface area (Å²) in [5, 5.41) is 0. The molecule has 0 aromatic carbocycles. The lowest BCUT2D eigenvalue weighted by Crippen LogP contribution is -2.51. The van der Waals surface area contributed by atoms with Crippen LogP contribution in [0.25, 0.3) is 0 Å². The molecule has 0 amide bonds. The molecule has 0 heterocycles.